The van der Waals surface area contributed by atoms with E-state index in [1.165, 1.54) is 26.9 Å². The molecule has 0 saturated carbocycles. The fourth-order valence-corrected chi connectivity index (χ4v) is 4.02. The van der Waals surface area contributed by atoms with E-state index in [9.17, 15) is 0 Å². The van der Waals surface area contributed by atoms with Gasteiger partial charge in [-0.1, -0.05) is 18.2 Å². The summed E-state index contributed by atoms with van der Waals surface area (Å²) in [5.41, 5.74) is 1.43. The lowest BCUT2D eigenvalue weighted by Crippen LogP contribution is -2.25. The first-order chi connectivity index (χ1) is 9.25. The second-order valence-electron chi connectivity index (χ2n) is 5.45. The van der Waals surface area contributed by atoms with Crippen LogP contribution >= 0.6 is 11.3 Å². The molecule has 3 rings (SSSR count). The highest BCUT2D eigenvalue weighted by Gasteiger charge is 2.18. The minimum absolute atomic E-state index is 0.429. The molecular formula is C16H21NOS. The predicted octanol–water partition coefficient (Wildman–Crippen LogP) is 3.90. The molecule has 1 aromatic heterocycles. The van der Waals surface area contributed by atoms with Crippen LogP contribution in [0.15, 0.2) is 24.3 Å². The second-order valence-corrected chi connectivity index (χ2v) is 6.53. The van der Waals surface area contributed by atoms with Crippen LogP contribution in [0.25, 0.3) is 10.1 Å². The van der Waals surface area contributed by atoms with Crippen LogP contribution in [-0.2, 0) is 4.74 Å². The van der Waals surface area contributed by atoms with Crippen LogP contribution in [0.3, 0.4) is 0 Å². The van der Waals surface area contributed by atoms with Gasteiger partial charge >= 0.3 is 0 Å². The van der Waals surface area contributed by atoms with Crippen LogP contribution in [0.5, 0.6) is 0 Å². The highest BCUT2D eigenvalue weighted by Crippen LogP contribution is 2.34. The molecule has 0 amide bonds. The van der Waals surface area contributed by atoms with Crippen molar-refractivity contribution in [3.63, 3.8) is 0 Å². The van der Waals surface area contributed by atoms with E-state index in [0.717, 1.165) is 19.8 Å². The fraction of sp³-hybridized carbons (Fsp3) is 0.500. The summed E-state index contributed by atoms with van der Waals surface area (Å²) in [5.74, 6) is 0.692. The van der Waals surface area contributed by atoms with E-state index < -0.39 is 0 Å². The van der Waals surface area contributed by atoms with Crippen molar-refractivity contribution in [1.82, 2.24) is 5.32 Å². The van der Waals surface area contributed by atoms with Gasteiger partial charge in [0.05, 0.1) is 6.61 Å². The molecule has 0 spiro atoms. The van der Waals surface area contributed by atoms with Crippen LogP contribution in [0.4, 0.5) is 0 Å². The number of rotatable bonds is 4. The van der Waals surface area contributed by atoms with E-state index in [1.54, 1.807) is 0 Å². The molecule has 2 nitrogen and oxygen atoms in total. The summed E-state index contributed by atoms with van der Waals surface area (Å²) in [6.45, 7) is 7.43. The van der Waals surface area contributed by atoms with Crippen LogP contribution in [0.2, 0.25) is 0 Å². The van der Waals surface area contributed by atoms with Crippen molar-refractivity contribution in [3.05, 3.63) is 34.7 Å². The van der Waals surface area contributed by atoms with Crippen molar-refractivity contribution in [2.45, 2.75) is 26.3 Å². The maximum Gasteiger partial charge on any atom is 0.0507 e. The lowest BCUT2D eigenvalue weighted by atomic mass is 10.1. The quantitative estimate of drug-likeness (QED) is 0.914. The second kappa shape index (κ2) is 5.61. The first-order valence-corrected chi connectivity index (χ1v) is 7.86. The van der Waals surface area contributed by atoms with Gasteiger partial charge in [0, 0.05) is 28.8 Å². The standard InChI is InChI=1S/C16H21NOS/c1-11-14-5-3-4-6-15(14)19-16(11)12(2)17-9-13-7-8-18-10-13/h3-6,12-13,17H,7-10H2,1-2H3. The SMILES string of the molecule is Cc1c(C(C)NCC2CCOC2)sc2ccccc12. The lowest BCUT2D eigenvalue weighted by Gasteiger charge is -2.16. The summed E-state index contributed by atoms with van der Waals surface area (Å²) in [6, 6.07) is 9.12. The number of thiophene rings is 1. The minimum Gasteiger partial charge on any atom is -0.381 e. The smallest absolute Gasteiger partial charge is 0.0507 e. The average molecular weight is 275 g/mol. The first-order valence-electron chi connectivity index (χ1n) is 7.05. The molecule has 1 N–H and O–H groups in total. The summed E-state index contributed by atoms with van der Waals surface area (Å²) in [5, 5.41) is 5.08. The molecule has 102 valence electrons. The molecule has 2 atom stereocenters. The third-order valence-electron chi connectivity index (χ3n) is 4.01. The Balaban J connectivity index is 1.73. The fourth-order valence-electron chi connectivity index (χ4n) is 2.79. The largest absolute Gasteiger partial charge is 0.381 e. The number of ether oxygens (including phenoxy) is 1. The molecule has 19 heavy (non-hydrogen) atoms. The topological polar surface area (TPSA) is 21.3 Å². The van der Waals surface area contributed by atoms with Gasteiger partial charge in [-0.2, -0.15) is 0 Å². The van der Waals surface area contributed by atoms with E-state index in [2.05, 4.69) is 43.4 Å². The van der Waals surface area contributed by atoms with E-state index in [0.29, 0.717) is 12.0 Å². The number of fused-ring (bicyclic) bond motifs is 1. The number of hydrogen-bond acceptors (Lipinski definition) is 3. The molecule has 2 heterocycles. The number of aryl methyl sites for hydroxylation is 1. The van der Waals surface area contributed by atoms with Gasteiger partial charge in [-0.25, -0.2) is 0 Å². The average Bonchev–Trinajstić information content (AvgIpc) is 3.05. The molecule has 2 aromatic rings. The van der Waals surface area contributed by atoms with Gasteiger partial charge in [0.25, 0.3) is 0 Å². The van der Waals surface area contributed by atoms with Gasteiger partial charge in [-0.05, 0) is 43.2 Å². The van der Waals surface area contributed by atoms with Gasteiger partial charge in [-0.15, -0.1) is 11.3 Å². The third-order valence-corrected chi connectivity index (χ3v) is 5.47. The molecule has 0 bridgehead atoms. The van der Waals surface area contributed by atoms with Crippen molar-refractivity contribution in [2.24, 2.45) is 5.92 Å². The Labute approximate surface area is 118 Å². The highest BCUT2D eigenvalue weighted by atomic mass is 32.1. The summed E-state index contributed by atoms with van der Waals surface area (Å²) in [4.78, 5) is 1.47. The van der Waals surface area contributed by atoms with Gasteiger partial charge in [0.1, 0.15) is 0 Å². The summed E-state index contributed by atoms with van der Waals surface area (Å²) in [7, 11) is 0. The number of hydrogen-bond donors (Lipinski definition) is 1. The highest BCUT2D eigenvalue weighted by molar-refractivity contribution is 7.19. The molecule has 0 radical (unpaired) electrons. The van der Waals surface area contributed by atoms with Crippen molar-refractivity contribution in [1.29, 1.82) is 0 Å². The Bertz CT molecular complexity index is 557. The maximum atomic E-state index is 5.43. The van der Waals surface area contributed by atoms with Crippen molar-refractivity contribution < 1.29 is 4.74 Å². The Kier molecular flexibility index (Phi) is 3.87. The number of benzene rings is 1. The van der Waals surface area contributed by atoms with Crippen molar-refractivity contribution in [2.75, 3.05) is 19.8 Å². The molecule has 1 fully saturated rings. The third kappa shape index (κ3) is 2.69. The van der Waals surface area contributed by atoms with Gasteiger partial charge in [-0.3, -0.25) is 0 Å². The van der Waals surface area contributed by atoms with Gasteiger partial charge in [0.15, 0.2) is 0 Å². The number of nitrogens with one attached hydrogen (secondary N) is 1. The molecule has 1 aliphatic heterocycles. The summed E-state index contributed by atoms with van der Waals surface area (Å²) >= 11 is 1.92. The van der Waals surface area contributed by atoms with Crippen LogP contribution in [0.1, 0.15) is 29.8 Å². The van der Waals surface area contributed by atoms with E-state index in [4.69, 9.17) is 4.74 Å². The zero-order valence-electron chi connectivity index (χ0n) is 11.6. The van der Waals surface area contributed by atoms with Gasteiger partial charge < -0.3 is 10.1 Å². The molecule has 1 saturated heterocycles. The molecule has 1 aliphatic rings. The maximum absolute atomic E-state index is 5.43. The van der Waals surface area contributed by atoms with E-state index >= 15 is 0 Å². The molecule has 1 aromatic carbocycles. The van der Waals surface area contributed by atoms with Crippen LogP contribution in [-0.4, -0.2) is 19.8 Å². The monoisotopic (exact) mass is 275 g/mol. The van der Waals surface area contributed by atoms with Gasteiger partial charge in [0.2, 0.25) is 0 Å². The van der Waals surface area contributed by atoms with Crippen LogP contribution < -0.4 is 5.32 Å². The lowest BCUT2D eigenvalue weighted by molar-refractivity contribution is 0.184. The van der Waals surface area contributed by atoms with Crippen molar-refractivity contribution >= 4 is 21.4 Å². The van der Waals surface area contributed by atoms with Crippen LogP contribution in [0, 0.1) is 12.8 Å². The Morgan fingerprint density at radius 2 is 2.26 bits per heavy atom. The summed E-state index contributed by atoms with van der Waals surface area (Å²) in [6.07, 6.45) is 1.20. The Morgan fingerprint density at radius 3 is 3.00 bits per heavy atom. The molecular weight excluding hydrogens is 254 g/mol. The van der Waals surface area contributed by atoms with E-state index in [1.807, 2.05) is 11.3 Å². The molecule has 0 aliphatic carbocycles. The zero-order chi connectivity index (χ0) is 13.2. The molecule has 2 unspecified atom stereocenters. The normalized spacial score (nSPS) is 21.1. The zero-order valence-corrected chi connectivity index (χ0v) is 12.4. The van der Waals surface area contributed by atoms with E-state index in [-0.39, 0.29) is 0 Å². The molecule has 3 heteroatoms. The van der Waals surface area contributed by atoms with Crippen molar-refractivity contribution in [3.8, 4) is 0 Å². The Morgan fingerprint density at radius 1 is 1.42 bits per heavy atom. The Hall–Kier alpha value is -0.900. The predicted molar refractivity (Wildman–Crippen MR) is 81.9 cm³/mol. The minimum atomic E-state index is 0.429. The summed E-state index contributed by atoms with van der Waals surface area (Å²) < 4.78 is 6.83. The first kappa shape index (κ1) is 13.1.